The number of piperidine rings is 1. The first-order valence-electron chi connectivity index (χ1n) is 7.31. The molecule has 0 aliphatic carbocycles. The first-order valence-corrected chi connectivity index (χ1v) is 7.31. The van der Waals surface area contributed by atoms with Crippen LogP contribution in [0.3, 0.4) is 0 Å². The molecule has 4 heteroatoms. The molecule has 1 N–H and O–H groups in total. The van der Waals surface area contributed by atoms with E-state index in [4.69, 9.17) is 0 Å². The number of nitrogens with one attached hydrogen (secondary N) is 1. The number of carbonyl (C=O) groups is 2. The van der Waals surface area contributed by atoms with Gasteiger partial charge in [-0.15, -0.1) is 0 Å². The Bertz CT molecular complexity index is 454. The summed E-state index contributed by atoms with van der Waals surface area (Å²) >= 11 is 0. The number of likely N-dealkylation sites (tertiary alicyclic amines) is 1. The van der Waals surface area contributed by atoms with Crippen LogP contribution in [0.5, 0.6) is 0 Å². The molecule has 0 aromatic heterocycles. The Balaban J connectivity index is 1.70. The van der Waals surface area contributed by atoms with E-state index >= 15 is 0 Å². The Morgan fingerprint density at radius 2 is 2.05 bits per heavy atom. The van der Waals surface area contributed by atoms with Crippen LogP contribution < -0.4 is 5.32 Å². The van der Waals surface area contributed by atoms with Crippen molar-refractivity contribution in [1.82, 2.24) is 10.2 Å². The average Bonchev–Trinajstić information content (AvgIpc) is 2.52. The van der Waals surface area contributed by atoms with Crippen LogP contribution in [0.4, 0.5) is 0 Å². The highest BCUT2D eigenvalue weighted by Gasteiger charge is 2.11. The minimum atomic E-state index is 0.0760. The number of hydrogen-bond donors (Lipinski definition) is 1. The summed E-state index contributed by atoms with van der Waals surface area (Å²) in [6.45, 7) is 3.57. The highest BCUT2D eigenvalue weighted by atomic mass is 16.1. The van der Waals surface area contributed by atoms with Gasteiger partial charge in [0.25, 0.3) is 0 Å². The lowest BCUT2D eigenvalue weighted by Gasteiger charge is -2.25. The molecular weight excluding hydrogens is 252 g/mol. The van der Waals surface area contributed by atoms with E-state index in [9.17, 15) is 9.59 Å². The van der Waals surface area contributed by atoms with Crippen molar-refractivity contribution >= 4 is 12.2 Å². The molecule has 1 aromatic carbocycles. The lowest BCUT2D eigenvalue weighted by molar-refractivity contribution is -0.121. The summed E-state index contributed by atoms with van der Waals surface area (Å²) in [5.41, 5.74) is 1.60. The molecule has 0 bridgehead atoms. The number of nitrogens with zero attached hydrogens (tertiary/aromatic N) is 1. The van der Waals surface area contributed by atoms with Crippen LogP contribution in [0.25, 0.3) is 0 Å². The Labute approximate surface area is 120 Å². The Morgan fingerprint density at radius 3 is 2.80 bits per heavy atom. The Kier molecular flexibility index (Phi) is 5.74. The van der Waals surface area contributed by atoms with Crippen LogP contribution in [0, 0.1) is 0 Å². The summed E-state index contributed by atoms with van der Waals surface area (Å²) in [5, 5.41) is 2.91. The highest BCUT2D eigenvalue weighted by Crippen LogP contribution is 2.08. The topological polar surface area (TPSA) is 49.4 Å². The summed E-state index contributed by atoms with van der Waals surface area (Å²) in [6, 6.07) is 7.31. The van der Waals surface area contributed by atoms with Gasteiger partial charge in [-0.05, 0) is 37.6 Å². The van der Waals surface area contributed by atoms with Crippen molar-refractivity contribution in [3.8, 4) is 0 Å². The number of rotatable bonds is 6. The summed E-state index contributed by atoms with van der Waals surface area (Å²) < 4.78 is 0. The fourth-order valence-electron chi connectivity index (χ4n) is 2.51. The van der Waals surface area contributed by atoms with Crippen LogP contribution in [0.1, 0.15) is 41.6 Å². The van der Waals surface area contributed by atoms with E-state index in [-0.39, 0.29) is 5.91 Å². The lowest BCUT2D eigenvalue weighted by atomic mass is 10.1. The Morgan fingerprint density at radius 1 is 1.25 bits per heavy atom. The van der Waals surface area contributed by atoms with Crippen molar-refractivity contribution < 1.29 is 9.59 Å². The van der Waals surface area contributed by atoms with Crippen LogP contribution >= 0.6 is 0 Å². The molecular formula is C16H22N2O2. The van der Waals surface area contributed by atoms with Crippen LogP contribution in [-0.2, 0) is 11.3 Å². The normalized spacial score (nSPS) is 15.8. The molecule has 0 saturated carbocycles. The lowest BCUT2D eigenvalue weighted by Crippen LogP contribution is -2.34. The zero-order valence-electron chi connectivity index (χ0n) is 11.8. The number of amides is 1. The predicted octanol–water partition coefficient (Wildman–Crippen LogP) is 1.99. The number of carbonyl (C=O) groups excluding carboxylic acids is 2. The number of aldehydes is 1. The summed E-state index contributed by atoms with van der Waals surface area (Å²) in [4.78, 5) is 24.8. The third-order valence-corrected chi connectivity index (χ3v) is 3.68. The third-order valence-electron chi connectivity index (χ3n) is 3.68. The van der Waals surface area contributed by atoms with Gasteiger partial charge in [-0.2, -0.15) is 0 Å². The van der Waals surface area contributed by atoms with Crippen molar-refractivity contribution in [3.63, 3.8) is 0 Å². The average molecular weight is 274 g/mol. The van der Waals surface area contributed by atoms with Gasteiger partial charge in [-0.3, -0.25) is 9.59 Å². The second-order valence-electron chi connectivity index (χ2n) is 5.29. The largest absolute Gasteiger partial charge is 0.352 e. The smallest absolute Gasteiger partial charge is 0.221 e. The van der Waals surface area contributed by atoms with E-state index < -0.39 is 0 Å². The van der Waals surface area contributed by atoms with Gasteiger partial charge in [-0.1, -0.05) is 24.6 Å². The Hall–Kier alpha value is -1.68. The molecule has 1 fully saturated rings. The van der Waals surface area contributed by atoms with Gasteiger partial charge >= 0.3 is 0 Å². The molecule has 1 amide bonds. The minimum Gasteiger partial charge on any atom is -0.352 e. The molecule has 20 heavy (non-hydrogen) atoms. The van der Waals surface area contributed by atoms with Crippen LogP contribution in [0.15, 0.2) is 24.3 Å². The number of hydrogen-bond acceptors (Lipinski definition) is 3. The summed E-state index contributed by atoms with van der Waals surface area (Å²) in [5.74, 6) is 0.0760. The molecule has 2 rings (SSSR count). The monoisotopic (exact) mass is 274 g/mol. The quantitative estimate of drug-likeness (QED) is 0.807. The zero-order valence-corrected chi connectivity index (χ0v) is 11.8. The first-order chi connectivity index (χ1) is 9.78. The summed E-state index contributed by atoms with van der Waals surface area (Å²) in [7, 11) is 0. The van der Waals surface area contributed by atoms with Gasteiger partial charge in [0.2, 0.25) is 5.91 Å². The van der Waals surface area contributed by atoms with Crippen molar-refractivity contribution in [1.29, 1.82) is 0 Å². The molecule has 1 aromatic rings. The van der Waals surface area contributed by atoms with E-state index in [2.05, 4.69) is 10.2 Å². The van der Waals surface area contributed by atoms with Gasteiger partial charge < -0.3 is 10.2 Å². The van der Waals surface area contributed by atoms with Crippen molar-refractivity contribution in [2.24, 2.45) is 0 Å². The molecule has 1 aliphatic rings. The van der Waals surface area contributed by atoms with E-state index in [0.717, 1.165) is 31.5 Å². The molecule has 4 nitrogen and oxygen atoms in total. The SMILES string of the molecule is O=Cc1cccc(CNC(=O)CCN2CCCCC2)c1. The van der Waals surface area contributed by atoms with Crippen molar-refractivity contribution in [2.45, 2.75) is 32.2 Å². The molecule has 0 radical (unpaired) electrons. The fraction of sp³-hybridized carbons (Fsp3) is 0.500. The highest BCUT2D eigenvalue weighted by molar-refractivity contribution is 5.76. The second kappa shape index (κ2) is 7.80. The maximum Gasteiger partial charge on any atom is 0.221 e. The third kappa shape index (κ3) is 4.78. The molecule has 1 heterocycles. The van der Waals surface area contributed by atoms with Gasteiger partial charge in [0, 0.05) is 25.1 Å². The van der Waals surface area contributed by atoms with Gasteiger partial charge in [-0.25, -0.2) is 0 Å². The predicted molar refractivity (Wildman–Crippen MR) is 78.6 cm³/mol. The van der Waals surface area contributed by atoms with E-state index in [1.807, 2.05) is 12.1 Å². The van der Waals surface area contributed by atoms with Gasteiger partial charge in [0.1, 0.15) is 6.29 Å². The summed E-state index contributed by atoms with van der Waals surface area (Å²) in [6.07, 6.45) is 5.19. The van der Waals surface area contributed by atoms with Crippen LogP contribution in [-0.4, -0.2) is 36.7 Å². The van der Waals surface area contributed by atoms with E-state index in [1.165, 1.54) is 19.3 Å². The van der Waals surface area contributed by atoms with E-state index in [0.29, 0.717) is 18.5 Å². The molecule has 1 saturated heterocycles. The minimum absolute atomic E-state index is 0.0760. The van der Waals surface area contributed by atoms with Crippen molar-refractivity contribution in [2.75, 3.05) is 19.6 Å². The molecule has 108 valence electrons. The first kappa shape index (κ1) is 14.7. The molecule has 0 atom stereocenters. The maximum atomic E-state index is 11.8. The van der Waals surface area contributed by atoms with Gasteiger partial charge in [0.05, 0.1) is 0 Å². The second-order valence-corrected chi connectivity index (χ2v) is 5.29. The molecule has 0 spiro atoms. The standard InChI is InChI=1S/C16H22N2O2/c19-13-15-6-4-5-14(11-15)12-17-16(20)7-10-18-8-2-1-3-9-18/h4-6,11,13H,1-3,7-10,12H2,(H,17,20). The molecule has 1 aliphatic heterocycles. The van der Waals surface area contributed by atoms with Gasteiger partial charge in [0.15, 0.2) is 0 Å². The van der Waals surface area contributed by atoms with Crippen molar-refractivity contribution in [3.05, 3.63) is 35.4 Å². The fourth-order valence-corrected chi connectivity index (χ4v) is 2.51. The zero-order chi connectivity index (χ0) is 14.2. The van der Waals surface area contributed by atoms with E-state index in [1.54, 1.807) is 12.1 Å². The van der Waals surface area contributed by atoms with Crippen LogP contribution in [0.2, 0.25) is 0 Å². The number of benzene rings is 1. The molecule has 0 unspecified atom stereocenters. The maximum absolute atomic E-state index is 11.8.